The maximum absolute atomic E-state index is 12.8. The normalized spacial score (nSPS) is 11.6. The van der Waals surface area contributed by atoms with E-state index in [-0.39, 0.29) is 5.95 Å². The van der Waals surface area contributed by atoms with Gasteiger partial charge in [-0.1, -0.05) is 19.9 Å². The van der Waals surface area contributed by atoms with Crippen LogP contribution >= 0.6 is 0 Å². The van der Waals surface area contributed by atoms with E-state index in [1.165, 1.54) is 6.07 Å². The van der Waals surface area contributed by atoms with Crippen LogP contribution in [0.1, 0.15) is 31.5 Å². The van der Waals surface area contributed by atoms with Gasteiger partial charge in [-0.3, -0.25) is 0 Å². The highest BCUT2D eigenvalue weighted by atomic mass is 19.4. The van der Waals surface area contributed by atoms with E-state index < -0.39 is 11.7 Å². The monoisotopic (exact) mass is 338 g/mol. The Morgan fingerprint density at radius 2 is 1.88 bits per heavy atom. The highest BCUT2D eigenvalue weighted by Gasteiger charge is 2.30. The Morgan fingerprint density at radius 3 is 2.54 bits per heavy atom. The van der Waals surface area contributed by atoms with Crippen molar-refractivity contribution in [2.75, 3.05) is 17.2 Å². The number of aryl methyl sites for hydroxylation is 1. The third-order valence-electron chi connectivity index (χ3n) is 3.33. The van der Waals surface area contributed by atoms with Gasteiger partial charge in [-0.05, 0) is 37.5 Å². The van der Waals surface area contributed by atoms with Crippen LogP contribution in [0.3, 0.4) is 0 Å². The van der Waals surface area contributed by atoms with Gasteiger partial charge in [0.05, 0.1) is 5.56 Å². The average Bonchev–Trinajstić information content (AvgIpc) is 2.45. The van der Waals surface area contributed by atoms with Gasteiger partial charge in [0, 0.05) is 24.0 Å². The average molecular weight is 338 g/mol. The number of anilines is 3. The van der Waals surface area contributed by atoms with Crippen molar-refractivity contribution < 1.29 is 13.2 Å². The van der Waals surface area contributed by atoms with E-state index in [4.69, 9.17) is 0 Å². The van der Waals surface area contributed by atoms with Gasteiger partial charge in [-0.2, -0.15) is 18.2 Å². The molecule has 4 nitrogen and oxygen atoms in total. The Morgan fingerprint density at radius 1 is 1.12 bits per heavy atom. The quantitative estimate of drug-likeness (QED) is 0.778. The zero-order chi connectivity index (χ0) is 17.7. The Hall–Kier alpha value is -2.31. The Balaban J connectivity index is 2.13. The Bertz CT molecular complexity index is 684. The first kappa shape index (κ1) is 18.0. The second-order valence-corrected chi connectivity index (χ2v) is 6.03. The van der Waals surface area contributed by atoms with Crippen LogP contribution < -0.4 is 10.6 Å². The first-order chi connectivity index (χ1) is 11.2. The molecule has 0 atom stereocenters. The molecule has 0 bridgehead atoms. The number of rotatable bonds is 6. The zero-order valence-corrected chi connectivity index (χ0v) is 13.9. The van der Waals surface area contributed by atoms with E-state index in [1.54, 1.807) is 12.1 Å². The molecule has 0 spiro atoms. The molecular formula is C17H21F3N4. The minimum Gasteiger partial charge on any atom is -0.370 e. The molecule has 0 radical (unpaired) electrons. The maximum Gasteiger partial charge on any atom is 0.416 e. The zero-order valence-electron chi connectivity index (χ0n) is 13.9. The minimum absolute atomic E-state index is 0.265. The number of halogens is 3. The number of alkyl halides is 3. The summed E-state index contributed by atoms with van der Waals surface area (Å²) < 4.78 is 38.3. The van der Waals surface area contributed by atoms with Crippen LogP contribution in [0.4, 0.5) is 30.6 Å². The van der Waals surface area contributed by atoms with Gasteiger partial charge < -0.3 is 10.6 Å². The van der Waals surface area contributed by atoms with Crippen molar-refractivity contribution in [3.05, 3.63) is 41.6 Å². The van der Waals surface area contributed by atoms with E-state index in [9.17, 15) is 13.2 Å². The third kappa shape index (κ3) is 5.40. The summed E-state index contributed by atoms with van der Waals surface area (Å²) in [5.74, 6) is 1.49. The summed E-state index contributed by atoms with van der Waals surface area (Å²) in [5, 5.41) is 6.04. The second-order valence-electron chi connectivity index (χ2n) is 6.03. The molecule has 24 heavy (non-hydrogen) atoms. The summed E-state index contributed by atoms with van der Waals surface area (Å²) in [6.45, 7) is 6.85. The largest absolute Gasteiger partial charge is 0.416 e. The van der Waals surface area contributed by atoms with Crippen LogP contribution in [0, 0.1) is 12.8 Å². The lowest BCUT2D eigenvalue weighted by atomic mass is 10.1. The highest BCUT2D eigenvalue weighted by molar-refractivity contribution is 5.56. The molecule has 1 heterocycles. The van der Waals surface area contributed by atoms with Crippen molar-refractivity contribution in [3.63, 3.8) is 0 Å². The van der Waals surface area contributed by atoms with Gasteiger partial charge in [0.25, 0.3) is 0 Å². The van der Waals surface area contributed by atoms with Crippen molar-refractivity contribution >= 4 is 17.5 Å². The lowest BCUT2D eigenvalue weighted by Crippen LogP contribution is -2.09. The first-order valence-corrected chi connectivity index (χ1v) is 7.78. The number of hydrogen-bond acceptors (Lipinski definition) is 4. The van der Waals surface area contributed by atoms with Gasteiger partial charge in [0.2, 0.25) is 5.95 Å². The fourth-order valence-electron chi connectivity index (χ4n) is 2.11. The molecule has 1 aromatic heterocycles. The molecule has 0 aliphatic heterocycles. The Kier molecular flexibility index (Phi) is 5.64. The number of benzene rings is 1. The van der Waals surface area contributed by atoms with E-state index in [0.29, 0.717) is 17.4 Å². The van der Waals surface area contributed by atoms with Gasteiger partial charge in [0.1, 0.15) is 5.82 Å². The smallest absolute Gasteiger partial charge is 0.370 e. The summed E-state index contributed by atoms with van der Waals surface area (Å²) in [7, 11) is 0. The maximum atomic E-state index is 12.8. The fraction of sp³-hybridized carbons (Fsp3) is 0.412. The van der Waals surface area contributed by atoms with Gasteiger partial charge in [0.15, 0.2) is 0 Å². The summed E-state index contributed by atoms with van der Waals surface area (Å²) >= 11 is 0. The van der Waals surface area contributed by atoms with Crippen molar-refractivity contribution in [1.29, 1.82) is 0 Å². The van der Waals surface area contributed by atoms with Crippen molar-refractivity contribution in [1.82, 2.24) is 9.97 Å². The highest BCUT2D eigenvalue weighted by Crippen LogP contribution is 2.31. The number of hydrogen-bond donors (Lipinski definition) is 2. The third-order valence-corrected chi connectivity index (χ3v) is 3.33. The molecule has 2 aromatic rings. The molecule has 7 heteroatoms. The standard InChI is InChI=1S/C17H21F3N4/c1-11(2)7-8-21-15-9-12(3)22-16(24-15)23-14-6-4-5-13(10-14)17(18,19)20/h4-6,9-11H,7-8H2,1-3H3,(H2,21,22,23,24). The molecular weight excluding hydrogens is 317 g/mol. The van der Waals surface area contributed by atoms with Gasteiger partial charge in [-0.15, -0.1) is 0 Å². The lowest BCUT2D eigenvalue weighted by Gasteiger charge is -2.12. The van der Waals surface area contributed by atoms with E-state index in [2.05, 4.69) is 34.4 Å². The molecule has 0 saturated carbocycles. The molecule has 0 amide bonds. The number of aromatic nitrogens is 2. The number of nitrogens with one attached hydrogen (secondary N) is 2. The van der Waals surface area contributed by atoms with Crippen molar-refractivity contribution in [3.8, 4) is 0 Å². The van der Waals surface area contributed by atoms with Crippen molar-refractivity contribution in [2.24, 2.45) is 5.92 Å². The van der Waals surface area contributed by atoms with Crippen LogP contribution in [0.2, 0.25) is 0 Å². The fourth-order valence-corrected chi connectivity index (χ4v) is 2.11. The topological polar surface area (TPSA) is 49.8 Å². The lowest BCUT2D eigenvalue weighted by molar-refractivity contribution is -0.137. The predicted octanol–water partition coefficient (Wildman–Crippen LogP) is 5.01. The molecule has 0 aliphatic rings. The van der Waals surface area contributed by atoms with Gasteiger partial charge in [-0.25, -0.2) is 4.98 Å². The van der Waals surface area contributed by atoms with E-state index in [1.807, 2.05) is 6.92 Å². The van der Waals surface area contributed by atoms with Gasteiger partial charge >= 0.3 is 6.18 Å². The predicted molar refractivity (Wildman–Crippen MR) is 89.4 cm³/mol. The molecule has 0 unspecified atom stereocenters. The second kappa shape index (κ2) is 7.51. The minimum atomic E-state index is -4.38. The first-order valence-electron chi connectivity index (χ1n) is 7.78. The molecule has 1 aromatic carbocycles. The summed E-state index contributed by atoms with van der Waals surface area (Å²) in [6.07, 6.45) is -3.38. The van der Waals surface area contributed by atoms with Crippen LogP contribution in [0.15, 0.2) is 30.3 Å². The summed E-state index contributed by atoms with van der Waals surface area (Å²) in [6, 6.07) is 6.77. The molecule has 2 N–H and O–H groups in total. The van der Waals surface area contributed by atoms with Crippen LogP contribution in [-0.2, 0) is 6.18 Å². The van der Waals surface area contributed by atoms with Crippen LogP contribution in [0.25, 0.3) is 0 Å². The van der Waals surface area contributed by atoms with Crippen LogP contribution in [0.5, 0.6) is 0 Å². The Labute approximate surface area is 139 Å². The molecule has 0 aliphatic carbocycles. The molecule has 0 fully saturated rings. The van der Waals surface area contributed by atoms with Crippen LogP contribution in [-0.4, -0.2) is 16.5 Å². The molecule has 130 valence electrons. The number of nitrogens with zero attached hydrogens (tertiary/aromatic N) is 2. The summed E-state index contributed by atoms with van der Waals surface area (Å²) in [4.78, 5) is 8.52. The van der Waals surface area contributed by atoms with E-state index in [0.717, 1.165) is 30.8 Å². The molecule has 0 saturated heterocycles. The summed E-state index contributed by atoms with van der Waals surface area (Å²) in [5.41, 5.74) is 0.311. The van der Waals surface area contributed by atoms with Crippen molar-refractivity contribution in [2.45, 2.75) is 33.4 Å². The molecule has 2 rings (SSSR count). The SMILES string of the molecule is Cc1cc(NCCC(C)C)nc(Nc2cccc(C(F)(F)F)c2)n1. The van der Waals surface area contributed by atoms with E-state index >= 15 is 0 Å².